The molecule has 0 spiro atoms. The largest absolute Gasteiger partial charge is 0.439 e. The molecule has 0 aliphatic heterocycles. The molecule has 0 N–H and O–H groups in total. The van der Waals surface area contributed by atoms with Gasteiger partial charge in [0.2, 0.25) is 0 Å². The summed E-state index contributed by atoms with van der Waals surface area (Å²) in [6.07, 6.45) is 2.31. The van der Waals surface area contributed by atoms with Gasteiger partial charge in [-0.1, -0.05) is 23.2 Å². The maximum absolute atomic E-state index is 5.99. The van der Waals surface area contributed by atoms with Crippen LogP contribution in [0.5, 0.6) is 0 Å². The Morgan fingerprint density at radius 1 is 1.21 bits per heavy atom. The monoisotopic (exact) mass is 227 g/mol. The summed E-state index contributed by atoms with van der Waals surface area (Å²) in [5.74, 6) is 1.25. The van der Waals surface area contributed by atoms with E-state index in [-0.39, 0.29) is 0 Å². The molecular weight excluding hydrogens is 221 g/mol. The molecule has 1 heterocycles. The van der Waals surface area contributed by atoms with E-state index in [1.807, 2.05) is 0 Å². The van der Waals surface area contributed by atoms with Crippen molar-refractivity contribution < 1.29 is 4.42 Å². The highest BCUT2D eigenvalue weighted by atomic mass is 35.5. The zero-order valence-electron chi connectivity index (χ0n) is 7.26. The molecule has 72 valence electrons. The first-order valence-corrected chi connectivity index (χ1v) is 5.26. The first-order chi connectivity index (χ1) is 6.75. The molecule has 1 aliphatic rings. The van der Waals surface area contributed by atoms with Gasteiger partial charge < -0.3 is 4.42 Å². The van der Waals surface area contributed by atoms with E-state index in [9.17, 15) is 0 Å². The van der Waals surface area contributed by atoms with Crippen molar-refractivity contribution in [2.45, 2.75) is 18.8 Å². The molecule has 0 unspecified atom stereocenters. The van der Waals surface area contributed by atoms with E-state index in [0.29, 0.717) is 27.1 Å². The number of fused-ring (bicyclic) bond motifs is 1. The fourth-order valence-corrected chi connectivity index (χ4v) is 1.85. The SMILES string of the molecule is Clc1ccc(Cl)c2oc(C3CC3)nc12. The minimum Gasteiger partial charge on any atom is -0.439 e. The number of oxazole rings is 1. The van der Waals surface area contributed by atoms with Gasteiger partial charge in [0.15, 0.2) is 11.5 Å². The molecule has 1 aromatic carbocycles. The molecule has 1 aliphatic carbocycles. The second kappa shape index (κ2) is 2.88. The van der Waals surface area contributed by atoms with E-state index >= 15 is 0 Å². The fraction of sp³-hybridized carbons (Fsp3) is 0.300. The van der Waals surface area contributed by atoms with Crippen molar-refractivity contribution in [3.63, 3.8) is 0 Å². The summed E-state index contributed by atoms with van der Waals surface area (Å²) in [7, 11) is 0. The summed E-state index contributed by atoms with van der Waals surface area (Å²) in [6, 6.07) is 3.47. The van der Waals surface area contributed by atoms with Crippen LogP contribution in [-0.2, 0) is 0 Å². The van der Waals surface area contributed by atoms with E-state index in [0.717, 1.165) is 18.7 Å². The third-order valence-electron chi connectivity index (χ3n) is 2.39. The Bertz CT molecular complexity index is 463. The molecule has 3 rings (SSSR count). The molecule has 0 bridgehead atoms. The molecule has 4 heteroatoms. The summed E-state index contributed by atoms with van der Waals surface area (Å²) in [5, 5.41) is 1.17. The summed E-state index contributed by atoms with van der Waals surface area (Å²) in [6.45, 7) is 0. The molecular formula is C10H7Cl2NO. The summed E-state index contributed by atoms with van der Waals surface area (Å²) in [4.78, 5) is 4.35. The number of halogens is 2. The van der Waals surface area contributed by atoms with Crippen LogP contribution >= 0.6 is 23.2 Å². The van der Waals surface area contributed by atoms with Gasteiger partial charge in [-0.3, -0.25) is 0 Å². The normalized spacial score (nSPS) is 16.4. The molecule has 1 aromatic heterocycles. The molecule has 1 fully saturated rings. The second-order valence-corrected chi connectivity index (χ2v) is 4.35. The topological polar surface area (TPSA) is 26.0 Å². The molecule has 1 saturated carbocycles. The van der Waals surface area contributed by atoms with Crippen LogP contribution in [0.1, 0.15) is 24.7 Å². The lowest BCUT2D eigenvalue weighted by Crippen LogP contribution is -1.76. The zero-order chi connectivity index (χ0) is 9.71. The smallest absolute Gasteiger partial charge is 0.198 e. The van der Waals surface area contributed by atoms with Crippen molar-refractivity contribution >= 4 is 34.3 Å². The predicted molar refractivity (Wildman–Crippen MR) is 56.0 cm³/mol. The maximum atomic E-state index is 5.99. The van der Waals surface area contributed by atoms with Gasteiger partial charge in [-0.2, -0.15) is 0 Å². The Hall–Kier alpha value is -0.730. The number of rotatable bonds is 1. The summed E-state index contributed by atoms with van der Waals surface area (Å²) in [5.41, 5.74) is 1.29. The molecule has 2 aromatic rings. The van der Waals surface area contributed by atoms with Crippen LogP contribution in [0.4, 0.5) is 0 Å². The van der Waals surface area contributed by atoms with Gasteiger partial charge in [0.25, 0.3) is 0 Å². The Labute approximate surface area is 90.8 Å². The highest BCUT2D eigenvalue weighted by molar-refractivity contribution is 6.39. The minimum absolute atomic E-state index is 0.481. The lowest BCUT2D eigenvalue weighted by atomic mass is 10.3. The second-order valence-electron chi connectivity index (χ2n) is 3.53. The van der Waals surface area contributed by atoms with Gasteiger partial charge in [0.05, 0.1) is 10.0 Å². The van der Waals surface area contributed by atoms with Crippen molar-refractivity contribution in [3.05, 3.63) is 28.1 Å². The Kier molecular flexibility index (Phi) is 1.76. The van der Waals surface area contributed by atoms with E-state index in [1.54, 1.807) is 12.1 Å². The Morgan fingerprint density at radius 3 is 2.57 bits per heavy atom. The average molecular weight is 228 g/mol. The van der Waals surface area contributed by atoms with Crippen LogP contribution < -0.4 is 0 Å². The minimum atomic E-state index is 0.481. The van der Waals surface area contributed by atoms with E-state index in [2.05, 4.69) is 4.98 Å². The molecule has 2 nitrogen and oxygen atoms in total. The number of aromatic nitrogens is 1. The number of hydrogen-bond acceptors (Lipinski definition) is 2. The van der Waals surface area contributed by atoms with Crippen LogP contribution in [0.15, 0.2) is 16.5 Å². The van der Waals surface area contributed by atoms with Crippen LogP contribution in [0.3, 0.4) is 0 Å². The van der Waals surface area contributed by atoms with Gasteiger partial charge in [0, 0.05) is 5.92 Å². The van der Waals surface area contributed by atoms with E-state index < -0.39 is 0 Å². The molecule has 0 saturated heterocycles. The lowest BCUT2D eigenvalue weighted by molar-refractivity contribution is 0.533. The third-order valence-corrected chi connectivity index (χ3v) is 2.99. The first kappa shape index (κ1) is 8.57. The van der Waals surface area contributed by atoms with Gasteiger partial charge in [-0.25, -0.2) is 4.98 Å². The fourth-order valence-electron chi connectivity index (χ4n) is 1.47. The molecule has 0 amide bonds. The van der Waals surface area contributed by atoms with Crippen molar-refractivity contribution in [1.29, 1.82) is 0 Å². The first-order valence-electron chi connectivity index (χ1n) is 4.50. The highest BCUT2D eigenvalue weighted by Crippen LogP contribution is 2.42. The predicted octanol–water partition coefficient (Wildman–Crippen LogP) is 4.01. The van der Waals surface area contributed by atoms with Gasteiger partial charge >= 0.3 is 0 Å². The number of benzene rings is 1. The van der Waals surface area contributed by atoms with Crippen LogP contribution in [0.2, 0.25) is 10.0 Å². The maximum Gasteiger partial charge on any atom is 0.198 e. The van der Waals surface area contributed by atoms with Crippen molar-refractivity contribution in [2.24, 2.45) is 0 Å². The summed E-state index contributed by atoms with van der Waals surface area (Å²) < 4.78 is 5.58. The van der Waals surface area contributed by atoms with Crippen molar-refractivity contribution in [3.8, 4) is 0 Å². The Balaban J connectivity index is 2.30. The van der Waals surface area contributed by atoms with Crippen LogP contribution in [0.25, 0.3) is 11.1 Å². The summed E-state index contributed by atoms with van der Waals surface area (Å²) >= 11 is 12.0. The van der Waals surface area contributed by atoms with Gasteiger partial charge in [-0.15, -0.1) is 0 Å². The molecule has 14 heavy (non-hydrogen) atoms. The number of nitrogens with zero attached hydrogens (tertiary/aromatic N) is 1. The third kappa shape index (κ3) is 1.22. The number of hydrogen-bond donors (Lipinski definition) is 0. The van der Waals surface area contributed by atoms with E-state index in [1.165, 1.54) is 0 Å². The highest BCUT2D eigenvalue weighted by Gasteiger charge is 2.29. The van der Waals surface area contributed by atoms with Crippen molar-refractivity contribution in [2.75, 3.05) is 0 Å². The molecule has 0 radical (unpaired) electrons. The zero-order valence-corrected chi connectivity index (χ0v) is 8.77. The van der Waals surface area contributed by atoms with Crippen LogP contribution in [0, 0.1) is 0 Å². The lowest BCUT2D eigenvalue weighted by Gasteiger charge is -1.91. The van der Waals surface area contributed by atoms with Crippen molar-refractivity contribution in [1.82, 2.24) is 4.98 Å². The van der Waals surface area contributed by atoms with Gasteiger partial charge in [-0.05, 0) is 25.0 Å². The molecule has 0 atom stereocenters. The van der Waals surface area contributed by atoms with Crippen LogP contribution in [-0.4, -0.2) is 4.98 Å². The standard InChI is InChI=1S/C10H7Cl2NO/c11-6-3-4-7(12)9-8(6)13-10(14-9)5-1-2-5/h3-5H,1-2H2. The Morgan fingerprint density at radius 2 is 1.93 bits per heavy atom. The average Bonchev–Trinajstić information content (AvgIpc) is 2.92. The quantitative estimate of drug-likeness (QED) is 0.736. The van der Waals surface area contributed by atoms with Gasteiger partial charge in [0.1, 0.15) is 5.52 Å². The van der Waals surface area contributed by atoms with E-state index in [4.69, 9.17) is 27.6 Å².